The molecule has 0 bridgehead atoms. The first kappa shape index (κ1) is 13.9. The van der Waals surface area contributed by atoms with Gasteiger partial charge in [-0.15, -0.1) is 0 Å². The third kappa shape index (κ3) is 7.30. The largest absolute Gasteiger partial charge is 0.364 e. The van der Waals surface area contributed by atoms with Crippen molar-refractivity contribution in [2.45, 2.75) is 40.3 Å². The Labute approximate surface area is 88.8 Å². The van der Waals surface area contributed by atoms with Crippen LogP contribution < -0.4 is 5.32 Å². The van der Waals surface area contributed by atoms with Crippen molar-refractivity contribution in [2.24, 2.45) is 0 Å². The number of hydrogen-bond donors (Lipinski definition) is 1. The Morgan fingerprint density at radius 3 is 2.36 bits per heavy atom. The fourth-order valence-corrected chi connectivity index (χ4v) is 1.46. The van der Waals surface area contributed by atoms with E-state index in [0.29, 0.717) is 0 Å². The Balaban J connectivity index is 3.27. The highest BCUT2D eigenvalue weighted by molar-refractivity contribution is 4.55. The van der Waals surface area contributed by atoms with E-state index in [-0.39, 0.29) is 6.23 Å². The molecule has 0 amide bonds. The van der Waals surface area contributed by atoms with Gasteiger partial charge in [0, 0.05) is 6.61 Å². The molecule has 0 aliphatic heterocycles. The molecule has 0 saturated heterocycles. The Hall–Kier alpha value is -0.120. The molecule has 14 heavy (non-hydrogen) atoms. The van der Waals surface area contributed by atoms with Crippen molar-refractivity contribution in [2.75, 3.05) is 32.8 Å². The molecule has 0 radical (unpaired) electrons. The number of nitrogens with one attached hydrogen (secondary N) is 1. The smallest absolute Gasteiger partial charge is 0.105 e. The predicted molar refractivity (Wildman–Crippen MR) is 61.5 cm³/mol. The normalized spacial score (nSPS) is 13.5. The van der Waals surface area contributed by atoms with Crippen LogP contribution in [0.15, 0.2) is 0 Å². The Kier molecular flexibility index (Phi) is 9.35. The minimum absolute atomic E-state index is 0.191. The van der Waals surface area contributed by atoms with Gasteiger partial charge in [0.15, 0.2) is 0 Å². The summed E-state index contributed by atoms with van der Waals surface area (Å²) in [5.74, 6) is 0. The molecule has 0 saturated carbocycles. The SMILES string of the molecule is CCOC(C)NCCCN(CC)CC. The minimum atomic E-state index is 0.191. The van der Waals surface area contributed by atoms with Gasteiger partial charge in [0.1, 0.15) is 6.23 Å². The number of hydrogen-bond acceptors (Lipinski definition) is 3. The zero-order chi connectivity index (χ0) is 10.8. The van der Waals surface area contributed by atoms with Crippen LogP contribution >= 0.6 is 0 Å². The third-order valence-electron chi connectivity index (χ3n) is 2.39. The van der Waals surface area contributed by atoms with Gasteiger partial charge in [-0.25, -0.2) is 0 Å². The summed E-state index contributed by atoms with van der Waals surface area (Å²) in [6, 6.07) is 0. The first-order valence-electron chi connectivity index (χ1n) is 5.81. The van der Waals surface area contributed by atoms with Crippen molar-refractivity contribution < 1.29 is 4.74 Å². The Morgan fingerprint density at radius 1 is 1.21 bits per heavy atom. The van der Waals surface area contributed by atoms with Gasteiger partial charge in [-0.05, 0) is 46.4 Å². The maximum Gasteiger partial charge on any atom is 0.105 e. The lowest BCUT2D eigenvalue weighted by Gasteiger charge is -2.19. The van der Waals surface area contributed by atoms with Gasteiger partial charge in [-0.2, -0.15) is 0 Å². The van der Waals surface area contributed by atoms with Crippen LogP contribution in [0.25, 0.3) is 0 Å². The fraction of sp³-hybridized carbons (Fsp3) is 1.00. The number of ether oxygens (including phenoxy) is 1. The van der Waals surface area contributed by atoms with Crippen LogP contribution in [-0.2, 0) is 4.74 Å². The van der Waals surface area contributed by atoms with E-state index in [2.05, 4.69) is 31.0 Å². The van der Waals surface area contributed by atoms with Gasteiger partial charge < -0.3 is 9.64 Å². The van der Waals surface area contributed by atoms with Crippen LogP contribution in [-0.4, -0.2) is 43.9 Å². The highest BCUT2D eigenvalue weighted by atomic mass is 16.5. The van der Waals surface area contributed by atoms with Crippen molar-refractivity contribution in [1.29, 1.82) is 0 Å². The number of nitrogens with zero attached hydrogens (tertiary/aromatic N) is 1. The molecular weight excluding hydrogens is 176 g/mol. The lowest BCUT2D eigenvalue weighted by molar-refractivity contribution is 0.0514. The van der Waals surface area contributed by atoms with Gasteiger partial charge >= 0.3 is 0 Å². The molecule has 0 aromatic carbocycles. The molecule has 3 nitrogen and oxygen atoms in total. The van der Waals surface area contributed by atoms with E-state index in [4.69, 9.17) is 4.74 Å². The van der Waals surface area contributed by atoms with E-state index in [1.807, 2.05) is 6.92 Å². The summed E-state index contributed by atoms with van der Waals surface area (Å²) < 4.78 is 5.38. The molecule has 0 heterocycles. The second-order valence-corrected chi connectivity index (χ2v) is 3.43. The molecule has 0 spiro atoms. The maximum atomic E-state index is 5.38. The molecule has 0 aromatic heterocycles. The molecule has 0 aliphatic rings. The van der Waals surface area contributed by atoms with Crippen LogP contribution in [0, 0.1) is 0 Å². The van der Waals surface area contributed by atoms with Crippen molar-refractivity contribution in [3.05, 3.63) is 0 Å². The molecule has 3 heteroatoms. The molecule has 0 fully saturated rings. The maximum absolute atomic E-state index is 5.38. The summed E-state index contributed by atoms with van der Waals surface area (Å²) in [4.78, 5) is 2.44. The fourth-order valence-electron chi connectivity index (χ4n) is 1.46. The molecule has 1 N–H and O–H groups in total. The predicted octanol–water partition coefficient (Wildman–Crippen LogP) is 1.69. The number of rotatable bonds is 9. The van der Waals surface area contributed by atoms with Gasteiger partial charge in [0.25, 0.3) is 0 Å². The molecule has 86 valence electrons. The van der Waals surface area contributed by atoms with Gasteiger partial charge in [0.05, 0.1) is 0 Å². The van der Waals surface area contributed by atoms with Crippen molar-refractivity contribution in [3.8, 4) is 0 Å². The van der Waals surface area contributed by atoms with E-state index < -0.39 is 0 Å². The summed E-state index contributed by atoms with van der Waals surface area (Å²) in [7, 11) is 0. The lowest BCUT2D eigenvalue weighted by atomic mass is 10.3. The first-order chi connectivity index (χ1) is 6.74. The highest BCUT2D eigenvalue weighted by Crippen LogP contribution is 1.91. The van der Waals surface area contributed by atoms with Gasteiger partial charge in [0.2, 0.25) is 0 Å². The van der Waals surface area contributed by atoms with E-state index in [0.717, 1.165) is 26.2 Å². The van der Waals surface area contributed by atoms with E-state index in [9.17, 15) is 0 Å². The van der Waals surface area contributed by atoms with Crippen molar-refractivity contribution in [1.82, 2.24) is 10.2 Å². The summed E-state index contributed by atoms with van der Waals surface area (Å²) in [6.45, 7) is 13.8. The zero-order valence-electron chi connectivity index (χ0n) is 10.2. The highest BCUT2D eigenvalue weighted by Gasteiger charge is 2.00. The molecular formula is C11H26N2O. The van der Waals surface area contributed by atoms with Crippen LogP contribution in [0.4, 0.5) is 0 Å². The molecule has 0 rings (SSSR count). The second-order valence-electron chi connectivity index (χ2n) is 3.43. The Morgan fingerprint density at radius 2 is 1.86 bits per heavy atom. The summed E-state index contributed by atoms with van der Waals surface area (Å²) in [5.41, 5.74) is 0. The van der Waals surface area contributed by atoms with Crippen LogP contribution in [0.1, 0.15) is 34.1 Å². The minimum Gasteiger partial charge on any atom is -0.364 e. The molecule has 1 unspecified atom stereocenters. The van der Waals surface area contributed by atoms with Crippen LogP contribution in [0.3, 0.4) is 0 Å². The first-order valence-corrected chi connectivity index (χ1v) is 5.81. The van der Waals surface area contributed by atoms with Gasteiger partial charge in [-0.1, -0.05) is 13.8 Å². The van der Waals surface area contributed by atoms with Gasteiger partial charge in [-0.3, -0.25) is 5.32 Å². The van der Waals surface area contributed by atoms with Crippen molar-refractivity contribution in [3.63, 3.8) is 0 Å². The summed E-state index contributed by atoms with van der Waals surface area (Å²) in [6.07, 6.45) is 1.38. The standard InChI is InChI=1S/C11H26N2O/c1-5-13(6-2)10-8-9-12-11(4)14-7-3/h11-12H,5-10H2,1-4H3. The van der Waals surface area contributed by atoms with E-state index >= 15 is 0 Å². The zero-order valence-corrected chi connectivity index (χ0v) is 10.2. The molecule has 0 aliphatic carbocycles. The molecule has 0 aromatic rings. The van der Waals surface area contributed by atoms with Crippen molar-refractivity contribution >= 4 is 0 Å². The lowest BCUT2D eigenvalue weighted by Crippen LogP contribution is -2.32. The monoisotopic (exact) mass is 202 g/mol. The van der Waals surface area contributed by atoms with Crippen LogP contribution in [0.2, 0.25) is 0 Å². The Bertz CT molecular complexity index is 116. The van der Waals surface area contributed by atoms with E-state index in [1.54, 1.807) is 0 Å². The average Bonchev–Trinajstić information content (AvgIpc) is 2.19. The quantitative estimate of drug-likeness (QED) is 0.455. The van der Waals surface area contributed by atoms with Crippen LogP contribution in [0.5, 0.6) is 0 Å². The topological polar surface area (TPSA) is 24.5 Å². The second kappa shape index (κ2) is 9.44. The molecule has 1 atom stereocenters. The van der Waals surface area contributed by atoms with E-state index in [1.165, 1.54) is 13.0 Å². The third-order valence-corrected chi connectivity index (χ3v) is 2.39. The summed E-state index contributed by atoms with van der Waals surface area (Å²) >= 11 is 0. The average molecular weight is 202 g/mol. The summed E-state index contributed by atoms with van der Waals surface area (Å²) in [5, 5.41) is 3.34.